The molecular formula is C11H8BrNO3. The largest absolute Gasteiger partial charge is 0.507 e. The number of rotatable bonds is 1. The van der Waals surface area contributed by atoms with E-state index in [1.807, 2.05) is 0 Å². The first-order valence-electron chi connectivity index (χ1n) is 4.54. The van der Waals surface area contributed by atoms with Crippen LogP contribution in [-0.2, 0) is 9.63 Å². The average Bonchev–Trinajstić information content (AvgIpc) is 2.55. The highest BCUT2D eigenvalue weighted by Crippen LogP contribution is 2.25. The summed E-state index contributed by atoms with van der Waals surface area (Å²) in [6.45, 7) is 1.67. The van der Waals surface area contributed by atoms with Gasteiger partial charge in [0.2, 0.25) is 0 Å². The molecule has 0 saturated carbocycles. The second-order valence-corrected chi connectivity index (χ2v) is 4.23. The van der Waals surface area contributed by atoms with Gasteiger partial charge in [-0.05, 0) is 31.2 Å². The van der Waals surface area contributed by atoms with Gasteiger partial charge in [0, 0.05) is 10.0 Å². The second-order valence-electron chi connectivity index (χ2n) is 3.32. The van der Waals surface area contributed by atoms with Crippen molar-refractivity contribution < 1.29 is 14.7 Å². The molecule has 1 aliphatic rings. The molecule has 0 saturated heterocycles. The highest BCUT2D eigenvalue weighted by molar-refractivity contribution is 9.10. The standard InChI is InChI=1S/C11H8BrNO3/c1-6-9(11(15)16-13-6)5-7-4-8(12)2-3-10(7)14/h2-5,14H,1H3. The Kier molecular flexibility index (Phi) is 2.78. The quantitative estimate of drug-likeness (QED) is 0.636. The van der Waals surface area contributed by atoms with Gasteiger partial charge in [0.1, 0.15) is 5.75 Å². The smallest absolute Gasteiger partial charge is 0.367 e. The molecule has 1 heterocycles. The van der Waals surface area contributed by atoms with Crippen molar-refractivity contribution in [3.05, 3.63) is 33.8 Å². The molecule has 0 aromatic heterocycles. The molecule has 2 rings (SSSR count). The number of aromatic hydroxyl groups is 1. The van der Waals surface area contributed by atoms with Crippen LogP contribution < -0.4 is 0 Å². The third-order valence-electron chi connectivity index (χ3n) is 2.16. The fourth-order valence-electron chi connectivity index (χ4n) is 1.32. The van der Waals surface area contributed by atoms with Crippen molar-refractivity contribution in [1.82, 2.24) is 0 Å². The van der Waals surface area contributed by atoms with E-state index < -0.39 is 5.97 Å². The van der Waals surface area contributed by atoms with Gasteiger partial charge in [0.05, 0.1) is 11.3 Å². The van der Waals surface area contributed by atoms with E-state index in [0.29, 0.717) is 16.8 Å². The Morgan fingerprint density at radius 1 is 1.50 bits per heavy atom. The first-order chi connectivity index (χ1) is 7.58. The van der Waals surface area contributed by atoms with Crippen molar-refractivity contribution in [3.8, 4) is 5.75 Å². The van der Waals surface area contributed by atoms with Crippen molar-refractivity contribution in [2.75, 3.05) is 0 Å². The van der Waals surface area contributed by atoms with Crippen LogP contribution in [0.5, 0.6) is 5.75 Å². The maximum Gasteiger partial charge on any atom is 0.367 e. The monoisotopic (exact) mass is 281 g/mol. The van der Waals surface area contributed by atoms with Gasteiger partial charge in [-0.15, -0.1) is 0 Å². The van der Waals surface area contributed by atoms with Crippen molar-refractivity contribution in [3.63, 3.8) is 0 Å². The van der Waals surface area contributed by atoms with E-state index in [9.17, 15) is 9.90 Å². The lowest BCUT2D eigenvalue weighted by molar-refractivity contribution is -0.136. The van der Waals surface area contributed by atoms with Gasteiger partial charge in [-0.3, -0.25) is 0 Å². The highest BCUT2D eigenvalue weighted by atomic mass is 79.9. The topological polar surface area (TPSA) is 58.9 Å². The number of carbonyl (C=O) groups is 1. The van der Waals surface area contributed by atoms with Gasteiger partial charge in [0.15, 0.2) is 0 Å². The Bertz CT molecular complexity index is 520. The number of halogens is 1. The van der Waals surface area contributed by atoms with Crippen LogP contribution >= 0.6 is 15.9 Å². The van der Waals surface area contributed by atoms with Gasteiger partial charge >= 0.3 is 5.97 Å². The summed E-state index contributed by atoms with van der Waals surface area (Å²) in [5.41, 5.74) is 1.40. The van der Waals surface area contributed by atoms with Crippen molar-refractivity contribution in [1.29, 1.82) is 0 Å². The maximum absolute atomic E-state index is 11.3. The Balaban J connectivity index is 2.46. The van der Waals surface area contributed by atoms with E-state index in [1.54, 1.807) is 31.2 Å². The van der Waals surface area contributed by atoms with Crippen molar-refractivity contribution in [2.45, 2.75) is 6.92 Å². The lowest BCUT2D eigenvalue weighted by atomic mass is 10.1. The Labute approximate surface area is 100 Å². The number of hydrogen-bond donors (Lipinski definition) is 1. The minimum atomic E-state index is -0.503. The third-order valence-corrected chi connectivity index (χ3v) is 2.66. The molecular weight excluding hydrogens is 274 g/mol. The Morgan fingerprint density at radius 2 is 2.25 bits per heavy atom. The lowest BCUT2D eigenvalue weighted by Crippen LogP contribution is -2.01. The molecule has 4 nitrogen and oxygen atoms in total. The van der Waals surface area contributed by atoms with Gasteiger partial charge < -0.3 is 9.94 Å². The van der Waals surface area contributed by atoms with Gasteiger partial charge in [-0.25, -0.2) is 4.79 Å². The zero-order chi connectivity index (χ0) is 11.7. The van der Waals surface area contributed by atoms with Crippen LogP contribution in [0, 0.1) is 0 Å². The molecule has 0 aliphatic carbocycles. The van der Waals surface area contributed by atoms with Crippen LogP contribution in [0.4, 0.5) is 0 Å². The number of benzene rings is 1. The number of nitrogens with zero attached hydrogens (tertiary/aromatic N) is 1. The van der Waals surface area contributed by atoms with E-state index >= 15 is 0 Å². The second kappa shape index (κ2) is 4.09. The van der Waals surface area contributed by atoms with Crippen LogP contribution in [-0.4, -0.2) is 16.8 Å². The molecule has 0 bridgehead atoms. The Morgan fingerprint density at radius 3 is 2.88 bits per heavy atom. The van der Waals surface area contributed by atoms with Gasteiger partial charge in [0.25, 0.3) is 0 Å². The van der Waals surface area contributed by atoms with Crippen LogP contribution in [0.2, 0.25) is 0 Å². The molecule has 1 aromatic carbocycles. The van der Waals surface area contributed by atoms with Crippen LogP contribution in [0.1, 0.15) is 12.5 Å². The molecule has 0 spiro atoms. The summed E-state index contributed by atoms with van der Waals surface area (Å²) < 4.78 is 0.818. The predicted octanol–water partition coefficient (Wildman–Crippen LogP) is 2.47. The fraction of sp³-hybridized carbons (Fsp3) is 0.0909. The average molecular weight is 282 g/mol. The van der Waals surface area contributed by atoms with Crippen LogP contribution in [0.25, 0.3) is 6.08 Å². The minimum Gasteiger partial charge on any atom is -0.507 e. The number of hydrogen-bond acceptors (Lipinski definition) is 4. The maximum atomic E-state index is 11.3. The Hall–Kier alpha value is -1.62. The minimum absolute atomic E-state index is 0.100. The van der Waals surface area contributed by atoms with Crippen molar-refractivity contribution in [2.24, 2.45) is 5.16 Å². The summed E-state index contributed by atoms with van der Waals surface area (Å²) in [5, 5.41) is 13.2. The summed E-state index contributed by atoms with van der Waals surface area (Å²) in [7, 11) is 0. The van der Waals surface area contributed by atoms with E-state index in [-0.39, 0.29) is 5.75 Å². The molecule has 82 valence electrons. The molecule has 0 fully saturated rings. The molecule has 0 unspecified atom stereocenters. The highest BCUT2D eigenvalue weighted by Gasteiger charge is 2.22. The molecule has 0 radical (unpaired) electrons. The summed E-state index contributed by atoms with van der Waals surface area (Å²) in [6.07, 6.45) is 1.55. The first-order valence-corrected chi connectivity index (χ1v) is 5.34. The summed E-state index contributed by atoms with van der Waals surface area (Å²) >= 11 is 3.29. The van der Waals surface area contributed by atoms with E-state index in [2.05, 4.69) is 25.9 Å². The lowest BCUT2D eigenvalue weighted by Gasteiger charge is -2.00. The van der Waals surface area contributed by atoms with Gasteiger partial charge in [-0.2, -0.15) is 0 Å². The van der Waals surface area contributed by atoms with Crippen LogP contribution in [0.3, 0.4) is 0 Å². The zero-order valence-electron chi connectivity index (χ0n) is 8.40. The third kappa shape index (κ3) is 1.99. The summed E-state index contributed by atoms with van der Waals surface area (Å²) in [6, 6.07) is 4.97. The molecule has 1 aromatic rings. The van der Waals surface area contributed by atoms with Gasteiger partial charge in [-0.1, -0.05) is 21.1 Å². The normalized spacial score (nSPS) is 17.5. The van der Waals surface area contributed by atoms with Crippen LogP contribution in [0.15, 0.2) is 33.4 Å². The molecule has 0 amide bonds. The fourth-order valence-corrected chi connectivity index (χ4v) is 1.69. The molecule has 0 atom stereocenters. The summed E-state index contributed by atoms with van der Waals surface area (Å²) in [5.74, 6) is -0.403. The first kappa shape index (κ1) is 10.9. The zero-order valence-corrected chi connectivity index (χ0v) is 9.98. The number of carbonyl (C=O) groups excluding carboxylic acids is 1. The molecule has 1 N–H and O–H groups in total. The van der Waals surface area contributed by atoms with Crippen molar-refractivity contribution >= 4 is 33.7 Å². The van der Waals surface area contributed by atoms with E-state index in [1.165, 1.54) is 0 Å². The summed E-state index contributed by atoms with van der Waals surface area (Å²) in [4.78, 5) is 15.8. The molecule has 1 aliphatic heterocycles. The SMILES string of the molecule is CC1=NOC(=O)C1=Cc1cc(Br)ccc1O. The number of oxime groups is 1. The predicted molar refractivity (Wildman–Crippen MR) is 63.0 cm³/mol. The van der Waals surface area contributed by atoms with E-state index in [4.69, 9.17) is 0 Å². The number of phenols is 1. The molecule has 16 heavy (non-hydrogen) atoms. The van der Waals surface area contributed by atoms with E-state index in [0.717, 1.165) is 4.47 Å². The molecule has 5 heteroatoms. The number of phenolic OH excluding ortho intramolecular Hbond substituents is 1.